The second kappa shape index (κ2) is 9.92. The highest BCUT2D eigenvalue weighted by atomic mass is 35.5. The predicted octanol–water partition coefficient (Wildman–Crippen LogP) is 5.98. The van der Waals surface area contributed by atoms with E-state index in [0.717, 1.165) is 33.7 Å². The number of carbonyl (C=O) groups excluding carboxylic acids is 2. The van der Waals surface area contributed by atoms with Crippen molar-refractivity contribution in [2.24, 2.45) is 16.7 Å². The number of carboxylic acid groups (broad SMARTS) is 1. The normalized spacial score (nSPS) is 26.7. The van der Waals surface area contributed by atoms with Gasteiger partial charge in [0.05, 0.1) is 52.6 Å². The van der Waals surface area contributed by atoms with E-state index in [0.29, 0.717) is 6.42 Å². The molecule has 2 aromatic rings. The first-order valence-corrected chi connectivity index (χ1v) is 13.7. The van der Waals surface area contributed by atoms with Crippen molar-refractivity contribution < 1.29 is 37.1 Å². The molecular formula is C28H29ClF4N4O4. The molecule has 41 heavy (non-hydrogen) atoms. The molecule has 8 nitrogen and oxygen atoms in total. The molecule has 0 aliphatic heterocycles. The van der Waals surface area contributed by atoms with Crippen molar-refractivity contribution in [3.8, 4) is 0 Å². The summed E-state index contributed by atoms with van der Waals surface area (Å²) in [6.07, 6.45) is 0.535. The molecule has 1 amide bonds. The Morgan fingerprint density at radius 2 is 1.80 bits per heavy atom. The Hall–Kier alpha value is -3.28. The summed E-state index contributed by atoms with van der Waals surface area (Å²) in [6.45, 7) is 4.90. The van der Waals surface area contributed by atoms with E-state index < -0.39 is 70.5 Å². The van der Waals surface area contributed by atoms with Crippen molar-refractivity contribution in [2.45, 2.75) is 71.1 Å². The molecule has 0 spiro atoms. The highest BCUT2D eigenvalue weighted by Gasteiger charge is 2.57. The van der Waals surface area contributed by atoms with Crippen molar-refractivity contribution in [3.05, 3.63) is 57.9 Å². The van der Waals surface area contributed by atoms with Gasteiger partial charge in [0.25, 0.3) is 5.91 Å². The van der Waals surface area contributed by atoms with Crippen LogP contribution >= 0.6 is 11.6 Å². The van der Waals surface area contributed by atoms with Gasteiger partial charge in [0.1, 0.15) is 0 Å². The number of carbonyl (C=O) groups is 3. The molecule has 3 aliphatic rings. The number of hydrogen-bond donors (Lipinski definition) is 1. The van der Waals surface area contributed by atoms with Gasteiger partial charge >= 0.3 is 12.1 Å². The molecule has 2 heterocycles. The summed E-state index contributed by atoms with van der Waals surface area (Å²) >= 11 is 6.01. The van der Waals surface area contributed by atoms with Crippen molar-refractivity contribution >= 4 is 29.3 Å². The molecule has 2 aromatic heterocycles. The fraction of sp³-hybridized carbons (Fsp3) is 0.536. The number of rotatable bonds is 7. The van der Waals surface area contributed by atoms with Crippen molar-refractivity contribution in [2.75, 3.05) is 6.54 Å². The number of Topliss-reactive ketones (excluding diaryl/α,β-unsaturated/α-hetero) is 1. The average Bonchev–Trinajstić information content (AvgIpc) is 3.30. The Balaban J connectivity index is 1.50. The Bertz CT molecular complexity index is 1440. The summed E-state index contributed by atoms with van der Waals surface area (Å²) < 4.78 is 58.8. The average molecular weight is 597 g/mol. The van der Waals surface area contributed by atoms with E-state index in [1.54, 1.807) is 13.0 Å². The molecular weight excluding hydrogens is 568 g/mol. The Morgan fingerprint density at radius 1 is 1.15 bits per heavy atom. The number of nitrogens with zero attached hydrogens (tertiary/aromatic N) is 4. The zero-order valence-electron chi connectivity index (χ0n) is 22.6. The van der Waals surface area contributed by atoms with Crippen LogP contribution in [0.25, 0.3) is 0 Å². The maximum absolute atomic E-state index is 14.5. The van der Waals surface area contributed by atoms with E-state index in [2.05, 4.69) is 10.1 Å². The third kappa shape index (κ3) is 5.04. The standard InChI is InChI=1S/C28H29ClF4N4O4/c1-26(2)17-8-15(9-18(17)26)36(13-21(38)22-19(29)11-34-12-20(22)30)24(39)16-10-35-37(23(16)28(31,32)33)14-4-6-27(3,7-5-14)25(40)41/h8,10-12,14-15,18H,4-7,9,13H2,1-3H3,(H,40,41). The largest absolute Gasteiger partial charge is 0.481 e. The zero-order valence-corrected chi connectivity index (χ0v) is 23.4. The maximum atomic E-state index is 14.5. The number of pyridine rings is 1. The summed E-state index contributed by atoms with van der Waals surface area (Å²) in [4.78, 5) is 43.3. The number of hydrogen-bond acceptors (Lipinski definition) is 5. The third-order valence-electron chi connectivity index (χ3n) is 9.08. The smallest absolute Gasteiger partial charge is 0.433 e. The number of amides is 1. The van der Waals surface area contributed by atoms with E-state index in [-0.39, 0.29) is 42.0 Å². The van der Waals surface area contributed by atoms with Crippen LogP contribution in [-0.4, -0.2) is 55.0 Å². The minimum absolute atomic E-state index is 0.0941. The van der Waals surface area contributed by atoms with E-state index in [9.17, 15) is 37.1 Å². The molecule has 13 heteroatoms. The Kier molecular flexibility index (Phi) is 7.07. The van der Waals surface area contributed by atoms with E-state index in [4.69, 9.17) is 11.6 Å². The Labute approximate surface area is 238 Å². The van der Waals surface area contributed by atoms with Gasteiger partial charge in [-0.05, 0) is 50.4 Å². The van der Waals surface area contributed by atoms with Gasteiger partial charge in [0.15, 0.2) is 17.3 Å². The van der Waals surface area contributed by atoms with Crippen molar-refractivity contribution in [3.63, 3.8) is 0 Å². The lowest BCUT2D eigenvalue weighted by Gasteiger charge is -2.34. The van der Waals surface area contributed by atoms with Gasteiger partial charge < -0.3 is 10.0 Å². The van der Waals surface area contributed by atoms with Crippen LogP contribution in [0.1, 0.15) is 85.3 Å². The first-order valence-electron chi connectivity index (χ1n) is 13.3. The van der Waals surface area contributed by atoms with Crippen LogP contribution in [0.15, 0.2) is 30.2 Å². The lowest BCUT2D eigenvalue weighted by Crippen LogP contribution is -2.43. The van der Waals surface area contributed by atoms with Crippen LogP contribution in [-0.2, 0) is 11.0 Å². The number of aromatic nitrogens is 3. The summed E-state index contributed by atoms with van der Waals surface area (Å²) in [5.74, 6) is -3.83. The molecule has 0 saturated heterocycles. The molecule has 2 atom stereocenters. The fourth-order valence-corrected chi connectivity index (χ4v) is 6.60. The van der Waals surface area contributed by atoms with Gasteiger partial charge in [-0.15, -0.1) is 0 Å². The topological polar surface area (TPSA) is 105 Å². The van der Waals surface area contributed by atoms with Crippen LogP contribution in [0.4, 0.5) is 17.6 Å². The number of aliphatic carboxylic acids is 1. The molecule has 5 rings (SSSR count). The van der Waals surface area contributed by atoms with Crippen molar-refractivity contribution in [1.29, 1.82) is 0 Å². The number of carboxylic acids is 1. The fourth-order valence-electron chi connectivity index (χ4n) is 6.34. The minimum atomic E-state index is -4.97. The number of alkyl halides is 3. The molecule has 2 unspecified atom stereocenters. The van der Waals surface area contributed by atoms with Crippen LogP contribution in [0, 0.1) is 22.6 Å². The minimum Gasteiger partial charge on any atom is -0.481 e. The van der Waals surface area contributed by atoms with Crippen LogP contribution in [0.5, 0.6) is 0 Å². The lowest BCUT2D eigenvalue weighted by atomic mass is 9.74. The predicted molar refractivity (Wildman–Crippen MR) is 139 cm³/mol. The molecule has 0 radical (unpaired) electrons. The monoisotopic (exact) mass is 596 g/mol. The second-order valence-corrected chi connectivity index (χ2v) is 12.4. The third-order valence-corrected chi connectivity index (χ3v) is 9.37. The SMILES string of the molecule is CC1(C(=O)O)CCC(n2ncc(C(=O)N(CC(=O)c3c(F)cncc3Cl)C3C=C4C(C3)C4(C)C)c2C(F)(F)F)CC1. The molecule has 3 aliphatic carbocycles. The molecule has 220 valence electrons. The first kappa shape index (κ1) is 29.2. The van der Waals surface area contributed by atoms with Crippen LogP contribution < -0.4 is 0 Å². The first-order chi connectivity index (χ1) is 19.1. The number of fused-ring (bicyclic) bond motifs is 1. The molecule has 1 N–H and O–H groups in total. The van der Waals surface area contributed by atoms with Gasteiger partial charge in [0.2, 0.25) is 0 Å². The van der Waals surface area contributed by atoms with E-state index >= 15 is 0 Å². The summed E-state index contributed by atoms with van der Waals surface area (Å²) in [7, 11) is 0. The zero-order chi connectivity index (χ0) is 30.1. The summed E-state index contributed by atoms with van der Waals surface area (Å²) in [6, 6.07) is -1.44. The van der Waals surface area contributed by atoms with Gasteiger partial charge in [-0.25, -0.2) is 4.39 Å². The molecule has 2 fully saturated rings. The van der Waals surface area contributed by atoms with Gasteiger partial charge in [0, 0.05) is 6.20 Å². The maximum Gasteiger partial charge on any atom is 0.433 e. The summed E-state index contributed by atoms with van der Waals surface area (Å²) in [5, 5.41) is 13.2. The van der Waals surface area contributed by atoms with Crippen LogP contribution in [0.2, 0.25) is 5.02 Å². The van der Waals surface area contributed by atoms with Gasteiger partial charge in [-0.1, -0.05) is 37.1 Å². The molecule has 2 saturated carbocycles. The van der Waals surface area contributed by atoms with E-state index in [1.165, 1.54) is 0 Å². The highest BCUT2D eigenvalue weighted by Crippen LogP contribution is 2.64. The highest BCUT2D eigenvalue weighted by molar-refractivity contribution is 6.34. The quantitative estimate of drug-likeness (QED) is 0.240. The van der Waals surface area contributed by atoms with E-state index in [1.807, 2.05) is 13.8 Å². The second-order valence-electron chi connectivity index (χ2n) is 12.0. The number of allylic oxidation sites excluding steroid dienone is 1. The Morgan fingerprint density at radius 3 is 2.34 bits per heavy atom. The number of halogens is 5. The van der Waals surface area contributed by atoms with Crippen molar-refractivity contribution in [1.82, 2.24) is 19.7 Å². The lowest BCUT2D eigenvalue weighted by molar-refractivity contribution is -0.152. The molecule has 0 aromatic carbocycles. The van der Waals surface area contributed by atoms with Crippen LogP contribution in [0.3, 0.4) is 0 Å². The molecule has 0 bridgehead atoms. The van der Waals surface area contributed by atoms with Gasteiger partial charge in [-0.3, -0.25) is 24.0 Å². The number of ketones is 1. The summed E-state index contributed by atoms with van der Waals surface area (Å²) in [5.41, 5.74) is -2.57. The van der Waals surface area contributed by atoms with Gasteiger partial charge in [-0.2, -0.15) is 18.3 Å².